The van der Waals surface area contributed by atoms with E-state index in [4.69, 9.17) is 10.8 Å². The van der Waals surface area contributed by atoms with Gasteiger partial charge in [0, 0.05) is 11.3 Å². The van der Waals surface area contributed by atoms with Gasteiger partial charge in [0.15, 0.2) is 0 Å². The van der Waals surface area contributed by atoms with Crippen molar-refractivity contribution in [3.8, 4) is 17.2 Å². The fraction of sp³-hybridized carbons (Fsp3) is 0. The number of thiocarbonyl (C=S) groups is 1. The van der Waals surface area contributed by atoms with Crippen LogP contribution >= 0.6 is 23.6 Å². The smallest absolute Gasteiger partial charge is 0.346 e. The predicted octanol–water partition coefficient (Wildman–Crippen LogP) is 3.04. The van der Waals surface area contributed by atoms with Crippen molar-refractivity contribution in [3.63, 3.8) is 0 Å². The zero-order chi connectivity index (χ0) is 15.4. The molecular formula is C15H10N2O2S2. The zero-order valence-corrected chi connectivity index (χ0v) is 12.4. The summed E-state index contributed by atoms with van der Waals surface area (Å²) in [5, 5.41) is 21.9. The van der Waals surface area contributed by atoms with Crippen LogP contribution < -0.4 is 5.73 Å². The van der Waals surface area contributed by atoms with Crippen molar-refractivity contribution in [2.24, 2.45) is 5.73 Å². The third kappa shape index (κ3) is 3.34. The van der Waals surface area contributed by atoms with Crippen LogP contribution in [0.5, 0.6) is 0 Å². The molecule has 0 radical (unpaired) electrons. The Morgan fingerprint density at radius 1 is 1.43 bits per heavy atom. The highest BCUT2D eigenvalue weighted by molar-refractivity contribution is 7.82. The van der Waals surface area contributed by atoms with E-state index in [0.29, 0.717) is 11.1 Å². The number of carboxylic acid groups (broad SMARTS) is 1. The van der Waals surface area contributed by atoms with Crippen LogP contribution in [0.3, 0.4) is 0 Å². The normalized spacial score (nSPS) is 10.9. The molecule has 2 rings (SSSR count). The van der Waals surface area contributed by atoms with Crippen molar-refractivity contribution in [1.82, 2.24) is 0 Å². The van der Waals surface area contributed by atoms with E-state index in [9.17, 15) is 10.1 Å². The Hall–Kier alpha value is -2.49. The molecule has 1 aromatic heterocycles. The molecule has 0 aliphatic rings. The molecular weight excluding hydrogens is 304 g/mol. The second kappa shape index (κ2) is 6.31. The first-order valence-electron chi connectivity index (χ1n) is 5.84. The molecule has 1 heterocycles. The average Bonchev–Trinajstić information content (AvgIpc) is 3.00. The van der Waals surface area contributed by atoms with Crippen molar-refractivity contribution in [2.75, 3.05) is 0 Å². The maximum atomic E-state index is 10.7. The van der Waals surface area contributed by atoms with Crippen LogP contribution in [0.4, 0.5) is 0 Å². The number of benzene rings is 1. The highest BCUT2D eigenvalue weighted by atomic mass is 32.1. The van der Waals surface area contributed by atoms with E-state index in [1.54, 1.807) is 29.5 Å². The molecule has 0 atom stereocenters. The van der Waals surface area contributed by atoms with E-state index < -0.39 is 5.97 Å². The summed E-state index contributed by atoms with van der Waals surface area (Å²) in [6.07, 6.45) is 1.21. The average molecular weight is 314 g/mol. The molecule has 2 aromatic rings. The summed E-state index contributed by atoms with van der Waals surface area (Å²) in [5.74, 6) is -1.21. The summed E-state index contributed by atoms with van der Waals surface area (Å²) in [5.41, 5.74) is 8.87. The third-order valence-corrected chi connectivity index (χ3v) is 3.78. The fourth-order valence-corrected chi connectivity index (χ4v) is 2.55. The number of hydrogen-bond donors (Lipinski definition) is 2. The van der Waals surface area contributed by atoms with E-state index in [1.807, 2.05) is 16.8 Å². The summed E-state index contributed by atoms with van der Waals surface area (Å²) in [6.45, 7) is 0. The molecule has 0 saturated heterocycles. The van der Waals surface area contributed by atoms with Gasteiger partial charge in [0.25, 0.3) is 0 Å². The number of nitriles is 1. The van der Waals surface area contributed by atoms with E-state index in [1.165, 1.54) is 6.08 Å². The number of nitrogens with zero attached hydrogens (tertiary/aromatic N) is 1. The van der Waals surface area contributed by atoms with Crippen molar-refractivity contribution in [3.05, 3.63) is 52.2 Å². The topological polar surface area (TPSA) is 87.1 Å². The Morgan fingerprint density at radius 3 is 2.76 bits per heavy atom. The minimum absolute atomic E-state index is 0.218. The van der Waals surface area contributed by atoms with E-state index in [2.05, 4.69) is 18.3 Å². The summed E-state index contributed by atoms with van der Waals surface area (Å²) in [7, 11) is 0. The molecule has 0 unspecified atom stereocenters. The van der Waals surface area contributed by atoms with Crippen LogP contribution in [-0.2, 0) is 4.79 Å². The maximum Gasteiger partial charge on any atom is 0.346 e. The van der Waals surface area contributed by atoms with Gasteiger partial charge in [0.2, 0.25) is 0 Å². The van der Waals surface area contributed by atoms with E-state index in [-0.39, 0.29) is 10.6 Å². The Labute approximate surface area is 130 Å². The van der Waals surface area contributed by atoms with Gasteiger partial charge in [0.1, 0.15) is 4.86 Å². The molecule has 4 nitrogen and oxygen atoms in total. The minimum atomic E-state index is -1.21. The number of nitrogens with two attached hydrogens (primary N) is 1. The zero-order valence-electron chi connectivity index (χ0n) is 10.7. The second-order valence-electron chi connectivity index (χ2n) is 4.15. The van der Waals surface area contributed by atoms with Crippen molar-refractivity contribution in [1.29, 1.82) is 5.26 Å². The molecule has 104 valence electrons. The van der Waals surface area contributed by atoms with Gasteiger partial charge in [-0.25, -0.2) is 4.79 Å². The molecule has 0 saturated carbocycles. The Morgan fingerprint density at radius 2 is 2.19 bits per heavy atom. The van der Waals surface area contributed by atoms with Crippen LogP contribution in [0, 0.1) is 11.3 Å². The number of thiophene rings is 1. The molecule has 0 aliphatic heterocycles. The van der Waals surface area contributed by atoms with Gasteiger partial charge in [-0.05, 0) is 40.1 Å². The lowest BCUT2D eigenvalue weighted by Gasteiger charge is -2.06. The van der Waals surface area contributed by atoms with Gasteiger partial charge in [-0.15, -0.1) is 0 Å². The predicted molar refractivity (Wildman–Crippen MR) is 86.9 cm³/mol. The quantitative estimate of drug-likeness (QED) is 0.669. The Bertz CT molecular complexity index is 771. The van der Waals surface area contributed by atoms with Crippen LogP contribution in [0.2, 0.25) is 0 Å². The van der Waals surface area contributed by atoms with Crippen LogP contribution in [0.1, 0.15) is 11.1 Å². The maximum absolute atomic E-state index is 10.7. The summed E-state index contributed by atoms with van der Waals surface area (Å²) in [6, 6.07) is 9.22. The van der Waals surface area contributed by atoms with Crippen LogP contribution in [0.15, 0.2) is 41.1 Å². The third-order valence-electron chi connectivity index (χ3n) is 2.80. The summed E-state index contributed by atoms with van der Waals surface area (Å²) in [4.78, 5) is 10.4. The first-order valence-corrected chi connectivity index (χ1v) is 7.19. The van der Waals surface area contributed by atoms with Gasteiger partial charge in [-0.3, -0.25) is 0 Å². The largest absolute Gasteiger partial charge is 0.477 e. The van der Waals surface area contributed by atoms with Crippen molar-refractivity contribution < 1.29 is 9.90 Å². The van der Waals surface area contributed by atoms with Gasteiger partial charge in [0.05, 0.1) is 11.6 Å². The van der Waals surface area contributed by atoms with Crippen LogP contribution in [-0.4, -0.2) is 15.9 Å². The lowest BCUT2D eigenvalue weighted by molar-refractivity contribution is -0.129. The minimum Gasteiger partial charge on any atom is -0.477 e. The number of aliphatic carboxylic acids is 1. The number of hydrogen-bond acceptors (Lipinski definition) is 5. The van der Waals surface area contributed by atoms with E-state index >= 15 is 0 Å². The van der Waals surface area contributed by atoms with E-state index in [0.717, 1.165) is 11.1 Å². The number of carbonyl (C=O) groups is 1. The fourth-order valence-electron chi connectivity index (χ4n) is 1.77. The van der Waals surface area contributed by atoms with Crippen molar-refractivity contribution in [2.45, 2.75) is 0 Å². The first-order chi connectivity index (χ1) is 10.0. The van der Waals surface area contributed by atoms with Gasteiger partial charge >= 0.3 is 5.97 Å². The lowest BCUT2D eigenvalue weighted by Crippen LogP contribution is -2.09. The lowest BCUT2D eigenvalue weighted by atomic mass is 9.99. The molecule has 1 aromatic carbocycles. The number of rotatable bonds is 4. The highest BCUT2D eigenvalue weighted by Crippen LogP contribution is 2.27. The van der Waals surface area contributed by atoms with Crippen LogP contribution in [0.25, 0.3) is 16.8 Å². The molecule has 0 aliphatic carbocycles. The molecule has 0 bridgehead atoms. The second-order valence-corrected chi connectivity index (χ2v) is 5.37. The first kappa shape index (κ1) is 14.9. The molecule has 3 N–H and O–H groups in total. The summed E-state index contributed by atoms with van der Waals surface area (Å²) >= 11 is 6.23. The monoisotopic (exact) mass is 314 g/mol. The van der Waals surface area contributed by atoms with Gasteiger partial charge in [-0.1, -0.05) is 24.4 Å². The SMILES string of the molecule is N#Cc1cc(/C(N)=C/C(=S)C(=O)O)ccc1-c1ccsc1. The highest BCUT2D eigenvalue weighted by Gasteiger charge is 2.09. The Balaban J connectivity index is 2.43. The molecule has 0 amide bonds. The number of carboxylic acids is 1. The van der Waals surface area contributed by atoms with Gasteiger partial charge in [-0.2, -0.15) is 16.6 Å². The summed E-state index contributed by atoms with van der Waals surface area (Å²) < 4.78 is 0. The Kier molecular flexibility index (Phi) is 4.48. The molecule has 21 heavy (non-hydrogen) atoms. The molecule has 6 heteroatoms. The molecule has 0 fully saturated rings. The van der Waals surface area contributed by atoms with Gasteiger partial charge < -0.3 is 10.8 Å². The molecule has 0 spiro atoms. The van der Waals surface area contributed by atoms with Crippen molar-refractivity contribution >= 4 is 40.1 Å². The standard InChI is InChI=1S/C15H10N2O2S2/c16-7-11-5-9(13(17)6-14(20)15(18)19)1-2-12(11)10-3-4-21-8-10/h1-6,8H,17H2,(H,18,19)/b13-6-.